The third-order valence-corrected chi connectivity index (χ3v) is 2.43. The average Bonchev–Trinajstić information content (AvgIpc) is 2.25. The van der Waals surface area contributed by atoms with Crippen LogP contribution in [0.25, 0.3) is 0 Å². The van der Waals surface area contributed by atoms with Crippen LogP contribution in [0.5, 0.6) is 0 Å². The summed E-state index contributed by atoms with van der Waals surface area (Å²) in [6.45, 7) is 8.19. The second-order valence-corrected chi connectivity index (χ2v) is 4.00. The van der Waals surface area contributed by atoms with Crippen LogP contribution >= 0.6 is 0 Å². The van der Waals surface area contributed by atoms with Gasteiger partial charge in [0.25, 0.3) is 0 Å². The van der Waals surface area contributed by atoms with Crippen molar-refractivity contribution in [2.24, 2.45) is 5.73 Å². The smallest absolute Gasteiger partial charge is 0.0560 e. The molecular formula is C12H21N3. The van der Waals surface area contributed by atoms with E-state index in [1.54, 1.807) is 0 Å². The maximum atomic E-state index is 5.59. The molecule has 3 heteroatoms. The lowest BCUT2D eigenvalue weighted by Crippen LogP contribution is -2.31. The zero-order valence-electron chi connectivity index (χ0n) is 9.90. The van der Waals surface area contributed by atoms with E-state index < -0.39 is 0 Å². The van der Waals surface area contributed by atoms with E-state index in [0.29, 0.717) is 12.6 Å². The summed E-state index contributed by atoms with van der Waals surface area (Å²) < 4.78 is 0. The lowest BCUT2D eigenvalue weighted by Gasteiger charge is -2.28. The molecule has 1 heterocycles. The summed E-state index contributed by atoms with van der Waals surface area (Å²) >= 11 is 0. The molecule has 1 rings (SSSR count). The molecule has 1 aromatic rings. The summed E-state index contributed by atoms with van der Waals surface area (Å²) in [5.41, 5.74) is 7.77. The number of hydrogen-bond acceptors (Lipinski definition) is 3. The van der Waals surface area contributed by atoms with Gasteiger partial charge in [-0.25, -0.2) is 0 Å². The van der Waals surface area contributed by atoms with Crippen molar-refractivity contribution >= 4 is 5.69 Å². The van der Waals surface area contributed by atoms with Crippen LogP contribution in [0.2, 0.25) is 0 Å². The molecule has 0 aliphatic heterocycles. The number of rotatable bonds is 5. The highest BCUT2D eigenvalue weighted by Crippen LogP contribution is 2.17. The van der Waals surface area contributed by atoms with Gasteiger partial charge in [0, 0.05) is 31.0 Å². The molecule has 0 saturated heterocycles. The molecule has 15 heavy (non-hydrogen) atoms. The summed E-state index contributed by atoms with van der Waals surface area (Å²) in [7, 11) is 0. The molecule has 0 aliphatic carbocycles. The Hall–Kier alpha value is -1.09. The number of nitrogens with two attached hydrogens (primary N) is 1. The second kappa shape index (κ2) is 5.71. The quantitative estimate of drug-likeness (QED) is 0.804. The van der Waals surface area contributed by atoms with Gasteiger partial charge in [-0.2, -0.15) is 0 Å². The Morgan fingerprint density at radius 2 is 2.20 bits per heavy atom. The summed E-state index contributed by atoms with van der Waals surface area (Å²) in [6.07, 6.45) is 2.99. The zero-order chi connectivity index (χ0) is 11.3. The van der Waals surface area contributed by atoms with Crippen molar-refractivity contribution in [1.82, 2.24) is 4.98 Å². The minimum absolute atomic E-state index is 0.506. The highest BCUT2D eigenvalue weighted by atomic mass is 15.1. The molecule has 0 bridgehead atoms. The lowest BCUT2D eigenvalue weighted by atomic mass is 10.2. The maximum absolute atomic E-state index is 5.59. The minimum Gasteiger partial charge on any atom is -0.369 e. The van der Waals surface area contributed by atoms with Crippen LogP contribution in [0.3, 0.4) is 0 Å². The van der Waals surface area contributed by atoms with Gasteiger partial charge in [0.2, 0.25) is 0 Å². The van der Waals surface area contributed by atoms with Crippen LogP contribution in [0.1, 0.15) is 32.9 Å². The molecule has 0 fully saturated rings. The van der Waals surface area contributed by atoms with E-state index in [9.17, 15) is 0 Å². The molecule has 1 aromatic heterocycles. The number of anilines is 1. The Bertz CT molecular complexity index is 297. The number of pyridine rings is 1. The Morgan fingerprint density at radius 3 is 2.73 bits per heavy atom. The van der Waals surface area contributed by atoms with E-state index in [-0.39, 0.29) is 0 Å². The highest BCUT2D eigenvalue weighted by Gasteiger charge is 2.09. The molecule has 0 saturated carbocycles. The largest absolute Gasteiger partial charge is 0.369 e. The van der Waals surface area contributed by atoms with Crippen molar-refractivity contribution in [3.05, 3.63) is 24.0 Å². The predicted octanol–water partition coefficient (Wildman–Crippen LogP) is 2.17. The molecule has 0 amide bonds. The van der Waals surface area contributed by atoms with Crippen LogP contribution < -0.4 is 10.6 Å². The van der Waals surface area contributed by atoms with Crippen molar-refractivity contribution in [2.45, 2.75) is 39.8 Å². The van der Waals surface area contributed by atoms with Gasteiger partial charge >= 0.3 is 0 Å². The van der Waals surface area contributed by atoms with Crippen LogP contribution in [-0.4, -0.2) is 17.6 Å². The van der Waals surface area contributed by atoms with E-state index in [4.69, 9.17) is 5.73 Å². The van der Waals surface area contributed by atoms with Gasteiger partial charge < -0.3 is 10.6 Å². The number of hydrogen-bond donors (Lipinski definition) is 1. The normalized spacial score (nSPS) is 10.7. The monoisotopic (exact) mass is 207 g/mol. The third kappa shape index (κ3) is 3.20. The SMILES string of the molecule is CCCN(c1ccnc(CN)c1)C(C)C. The van der Waals surface area contributed by atoms with Crippen LogP contribution in [-0.2, 0) is 6.54 Å². The Morgan fingerprint density at radius 1 is 1.47 bits per heavy atom. The molecule has 0 atom stereocenters. The van der Waals surface area contributed by atoms with Crippen LogP contribution in [0, 0.1) is 0 Å². The van der Waals surface area contributed by atoms with Gasteiger partial charge in [-0.3, -0.25) is 4.98 Å². The van der Waals surface area contributed by atoms with Crippen molar-refractivity contribution in [3.8, 4) is 0 Å². The molecule has 0 spiro atoms. The van der Waals surface area contributed by atoms with Crippen molar-refractivity contribution < 1.29 is 0 Å². The fraction of sp³-hybridized carbons (Fsp3) is 0.583. The van der Waals surface area contributed by atoms with E-state index in [1.807, 2.05) is 6.20 Å². The van der Waals surface area contributed by atoms with Crippen molar-refractivity contribution in [3.63, 3.8) is 0 Å². The van der Waals surface area contributed by atoms with Crippen molar-refractivity contribution in [2.75, 3.05) is 11.4 Å². The van der Waals surface area contributed by atoms with Gasteiger partial charge in [-0.15, -0.1) is 0 Å². The number of aromatic nitrogens is 1. The Labute approximate surface area is 92.3 Å². The predicted molar refractivity (Wildman–Crippen MR) is 64.9 cm³/mol. The minimum atomic E-state index is 0.506. The Kier molecular flexibility index (Phi) is 4.56. The van der Waals surface area contributed by atoms with Gasteiger partial charge in [0.15, 0.2) is 0 Å². The van der Waals surface area contributed by atoms with Crippen LogP contribution in [0.4, 0.5) is 5.69 Å². The van der Waals surface area contributed by atoms with Gasteiger partial charge in [0.05, 0.1) is 5.69 Å². The molecule has 3 nitrogen and oxygen atoms in total. The van der Waals surface area contributed by atoms with E-state index in [0.717, 1.165) is 18.7 Å². The third-order valence-electron chi connectivity index (χ3n) is 2.43. The van der Waals surface area contributed by atoms with E-state index in [2.05, 4.69) is 42.8 Å². The fourth-order valence-corrected chi connectivity index (χ4v) is 1.68. The van der Waals surface area contributed by atoms with Crippen molar-refractivity contribution in [1.29, 1.82) is 0 Å². The summed E-state index contributed by atoms with van der Waals surface area (Å²) in [5, 5.41) is 0. The van der Waals surface area contributed by atoms with Gasteiger partial charge in [-0.05, 0) is 32.4 Å². The standard InChI is InChI=1S/C12H21N3/c1-4-7-15(10(2)3)12-5-6-14-11(8-12)9-13/h5-6,8,10H,4,7,9,13H2,1-3H3. The average molecular weight is 207 g/mol. The molecule has 0 aromatic carbocycles. The first-order valence-corrected chi connectivity index (χ1v) is 5.60. The molecule has 0 aliphatic rings. The molecule has 84 valence electrons. The fourth-order valence-electron chi connectivity index (χ4n) is 1.68. The highest BCUT2D eigenvalue weighted by molar-refractivity contribution is 5.47. The van der Waals surface area contributed by atoms with E-state index >= 15 is 0 Å². The maximum Gasteiger partial charge on any atom is 0.0560 e. The second-order valence-electron chi connectivity index (χ2n) is 4.00. The first-order chi connectivity index (χ1) is 7.19. The van der Waals surface area contributed by atoms with Crippen LogP contribution in [0.15, 0.2) is 18.3 Å². The molecule has 0 unspecified atom stereocenters. The number of nitrogens with zero attached hydrogens (tertiary/aromatic N) is 2. The van der Waals surface area contributed by atoms with Gasteiger partial charge in [-0.1, -0.05) is 6.92 Å². The molecular weight excluding hydrogens is 186 g/mol. The first-order valence-electron chi connectivity index (χ1n) is 5.60. The molecule has 0 radical (unpaired) electrons. The van der Waals surface area contributed by atoms with Gasteiger partial charge in [0.1, 0.15) is 0 Å². The lowest BCUT2D eigenvalue weighted by molar-refractivity contribution is 0.670. The Balaban J connectivity index is 2.89. The zero-order valence-corrected chi connectivity index (χ0v) is 9.90. The molecule has 2 N–H and O–H groups in total. The first kappa shape index (κ1) is 12.0. The van der Waals surface area contributed by atoms with E-state index in [1.165, 1.54) is 5.69 Å². The summed E-state index contributed by atoms with van der Waals surface area (Å²) in [5.74, 6) is 0. The topological polar surface area (TPSA) is 42.2 Å². The summed E-state index contributed by atoms with van der Waals surface area (Å²) in [4.78, 5) is 6.58. The summed E-state index contributed by atoms with van der Waals surface area (Å²) in [6, 6.07) is 4.64.